The summed E-state index contributed by atoms with van der Waals surface area (Å²) in [6.07, 6.45) is 3.62. The lowest BCUT2D eigenvalue weighted by atomic mass is 10.1. The van der Waals surface area contributed by atoms with Gasteiger partial charge in [-0.15, -0.1) is 11.3 Å². The van der Waals surface area contributed by atoms with Crippen LogP contribution in [-0.4, -0.2) is 23.4 Å². The Hall–Kier alpha value is -0.870. The molecule has 0 bridgehead atoms. The molecule has 1 aromatic heterocycles. The zero-order chi connectivity index (χ0) is 14.7. The molecule has 0 aliphatic carbocycles. The van der Waals surface area contributed by atoms with Gasteiger partial charge in [0.1, 0.15) is 6.17 Å². The van der Waals surface area contributed by atoms with Crippen LogP contribution >= 0.6 is 11.3 Å². The molecule has 1 amide bonds. The van der Waals surface area contributed by atoms with Gasteiger partial charge in [-0.3, -0.25) is 10.1 Å². The number of carbonyl (C=O) groups excluding carboxylic acids is 1. The Labute approximate surface area is 126 Å². The Morgan fingerprint density at radius 2 is 2.10 bits per heavy atom. The van der Waals surface area contributed by atoms with Gasteiger partial charge < -0.3 is 4.90 Å². The third-order valence-corrected chi connectivity index (χ3v) is 4.89. The number of hydrogen-bond acceptors (Lipinski definition) is 3. The van der Waals surface area contributed by atoms with Crippen LogP contribution in [0.25, 0.3) is 0 Å². The molecule has 2 rings (SSSR count). The van der Waals surface area contributed by atoms with Crippen molar-refractivity contribution in [3.8, 4) is 0 Å². The maximum atomic E-state index is 12.3. The number of hydrogen-bond donors (Lipinski definition) is 1. The lowest BCUT2D eigenvalue weighted by Gasteiger charge is -2.23. The Morgan fingerprint density at radius 3 is 2.70 bits per heavy atom. The quantitative estimate of drug-likeness (QED) is 0.811. The summed E-state index contributed by atoms with van der Waals surface area (Å²) >= 11 is 1.78. The van der Waals surface area contributed by atoms with E-state index < -0.39 is 0 Å². The molecule has 1 fully saturated rings. The summed E-state index contributed by atoms with van der Waals surface area (Å²) in [7, 11) is 0. The number of carbonyl (C=O) groups is 1. The summed E-state index contributed by atoms with van der Waals surface area (Å²) in [4.78, 5) is 16.9. The fraction of sp³-hybridized carbons (Fsp3) is 0.688. The third-order valence-electron chi connectivity index (χ3n) is 3.83. The molecule has 2 atom stereocenters. The average Bonchev–Trinajstić information content (AvgIpc) is 2.92. The second-order valence-corrected chi connectivity index (χ2v) is 7.48. The molecular formula is C16H26N2OS. The molecule has 1 aromatic rings. The van der Waals surface area contributed by atoms with E-state index in [1.165, 1.54) is 22.6 Å². The maximum Gasteiger partial charge on any atom is 0.241 e. The molecule has 2 heterocycles. The number of rotatable bonds is 6. The van der Waals surface area contributed by atoms with E-state index in [0.717, 1.165) is 18.9 Å². The molecule has 0 spiro atoms. The molecule has 3 nitrogen and oxygen atoms in total. The van der Waals surface area contributed by atoms with Crippen LogP contribution in [0, 0.1) is 12.8 Å². The van der Waals surface area contributed by atoms with E-state index in [1.54, 1.807) is 11.3 Å². The minimum Gasteiger partial charge on any atom is -0.321 e. The Morgan fingerprint density at radius 1 is 1.35 bits per heavy atom. The highest BCUT2D eigenvalue weighted by atomic mass is 32.1. The van der Waals surface area contributed by atoms with Crippen molar-refractivity contribution >= 4 is 17.2 Å². The fourth-order valence-corrected chi connectivity index (χ4v) is 3.64. The van der Waals surface area contributed by atoms with E-state index >= 15 is 0 Å². The number of unbranched alkanes of at least 4 members (excludes halogenated alkanes) is 1. The van der Waals surface area contributed by atoms with Gasteiger partial charge in [0.05, 0.1) is 6.04 Å². The largest absolute Gasteiger partial charge is 0.321 e. The van der Waals surface area contributed by atoms with E-state index in [1.807, 2.05) is 11.8 Å². The van der Waals surface area contributed by atoms with Crippen molar-refractivity contribution in [2.24, 2.45) is 5.92 Å². The molecule has 0 radical (unpaired) electrons. The molecule has 1 aliphatic rings. The standard InChI is InChI=1S/C16H26N2OS/c1-11(2)7-5-6-10-18-15(17-13(4)16(18)19)14-9-8-12(3)20-14/h8-9,11,13,15,17H,5-7,10H2,1-4H3. The summed E-state index contributed by atoms with van der Waals surface area (Å²) in [5.41, 5.74) is 0. The minimum atomic E-state index is -0.0625. The summed E-state index contributed by atoms with van der Waals surface area (Å²) in [6.45, 7) is 9.44. The second kappa shape index (κ2) is 6.72. The fourth-order valence-electron chi connectivity index (χ4n) is 2.68. The van der Waals surface area contributed by atoms with Crippen LogP contribution in [0.15, 0.2) is 12.1 Å². The lowest BCUT2D eigenvalue weighted by Crippen LogP contribution is -2.31. The van der Waals surface area contributed by atoms with Crippen LogP contribution in [0.4, 0.5) is 0 Å². The highest BCUT2D eigenvalue weighted by molar-refractivity contribution is 7.12. The smallest absolute Gasteiger partial charge is 0.241 e. The second-order valence-electron chi connectivity index (χ2n) is 6.16. The molecule has 0 aromatic carbocycles. The van der Waals surface area contributed by atoms with Crippen molar-refractivity contribution in [2.75, 3.05) is 6.54 Å². The van der Waals surface area contributed by atoms with Crippen molar-refractivity contribution in [1.29, 1.82) is 0 Å². The molecule has 0 saturated carbocycles. The summed E-state index contributed by atoms with van der Waals surface area (Å²) < 4.78 is 0. The lowest BCUT2D eigenvalue weighted by molar-refractivity contribution is -0.129. The molecule has 20 heavy (non-hydrogen) atoms. The first-order valence-corrected chi connectivity index (χ1v) is 8.43. The molecule has 2 unspecified atom stereocenters. The van der Waals surface area contributed by atoms with E-state index in [2.05, 4.69) is 38.2 Å². The monoisotopic (exact) mass is 294 g/mol. The molecule has 1 saturated heterocycles. The van der Waals surface area contributed by atoms with E-state index in [4.69, 9.17) is 0 Å². The van der Waals surface area contributed by atoms with Crippen molar-refractivity contribution in [3.63, 3.8) is 0 Å². The Bertz CT molecular complexity index is 455. The third kappa shape index (κ3) is 3.61. The van der Waals surface area contributed by atoms with Crippen LogP contribution < -0.4 is 5.32 Å². The van der Waals surface area contributed by atoms with Gasteiger partial charge in [0.25, 0.3) is 0 Å². The zero-order valence-corrected chi connectivity index (χ0v) is 13.8. The first-order chi connectivity index (χ1) is 9.49. The topological polar surface area (TPSA) is 32.3 Å². The van der Waals surface area contributed by atoms with Crippen molar-refractivity contribution in [2.45, 2.75) is 59.2 Å². The maximum absolute atomic E-state index is 12.3. The van der Waals surface area contributed by atoms with E-state index in [0.29, 0.717) is 0 Å². The number of amides is 1. The summed E-state index contributed by atoms with van der Waals surface area (Å²) in [6, 6.07) is 4.21. The van der Waals surface area contributed by atoms with Gasteiger partial charge in [-0.05, 0) is 38.3 Å². The number of nitrogens with one attached hydrogen (secondary N) is 1. The van der Waals surface area contributed by atoms with Gasteiger partial charge in [0.15, 0.2) is 0 Å². The Kier molecular flexibility index (Phi) is 5.22. The van der Waals surface area contributed by atoms with Gasteiger partial charge >= 0.3 is 0 Å². The van der Waals surface area contributed by atoms with Gasteiger partial charge in [-0.2, -0.15) is 0 Å². The highest BCUT2D eigenvalue weighted by Gasteiger charge is 2.37. The van der Waals surface area contributed by atoms with Crippen LogP contribution in [0.5, 0.6) is 0 Å². The van der Waals surface area contributed by atoms with Gasteiger partial charge in [-0.25, -0.2) is 0 Å². The van der Waals surface area contributed by atoms with Crippen molar-refractivity contribution in [1.82, 2.24) is 10.2 Å². The first-order valence-electron chi connectivity index (χ1n) is 7.62. The average molecular weight is 294 g/mol. The van der Waals surface area contributed by atoms with Crippen molar-refractivity contribution < 1.29 is 4.79 Å². The minimum absolute atomic E-state index is 0.0625. The molecule has 112 valence electrons. The van der Waals surface area contributed by atoms with E-state index in [9.17, 15) is 4.79 Å². The van der Waals surface area contributed by atoms with Crippen LogP contribution in [-0.2, 0) is 4.79 Å². The van der Waals surface area contributed by atoms with E-state index in [-0.39, 0.29) is 18.1 Å². The van der Waals surface area contributed by atoms with Crippen LogP contribution in [0.1, 0.15) is 56.0 Å². The Balaban J connectivity index is 1.97. The normalized spacial score (nSPS) is 23.1. The number of aryl methyl sites for hydroxylation is 1. The van der Waals surface area contributed by atoms with Gasteiger partial charge in [0, 0.05) is 16.3 Å². The predicted octanol–water partition coefficient (Wildman–Crippen LogP) is 3.70. The predicted molar refractivity (Wildman–Crippen MR) is 84.8 cm³/mol. The molecule has 4 heteroatoms. The van der Waals surface area contributed by atoms with Gasteiger partial charge in [-0.1, -0.05) is 26.7 Å². The summed E-state index contributed by atoms with van der Waals surface area (Å²) in [5, 5.41) is 3.42. The zero-order valence-electron chi connectivity index (χ0n) is 13.0. The molecular weight excluding hydrogens is 268 g/mol. The molecule has 1 N–H and O–H groups in total. The summed E-state index contributed by atoms with van der Waals surface area (Å²) in [5.74, 6) is 0.989. The van der Waals surface area contributed by atoms with Crippen LogP contribution in [0.3, 0.4) is 0 Å². The highest BCUT2D eigenvalue weighted by Crippen LogP contribution is 2.30. The van der Waals surface area contributed by atoms with Crippen LogP contribution in [0.2, 0.25) is 0 Å². The SMILES string of the molecule is Cc1ccc(C2NC(C)C(=O)N2CCCCC(C)C)s1. The van der Waals surface area contributed by atoms with Crippen molar-refractivity contribution in [3.05, 3.63) is 21.9 Å². The number of thiophene rings is 1. The van der Waals surface area contributed by atoms with Gasteiger partial charge in [0.2, 0.25) is 5.91 Å². The first kappa shape index (κ1) is 15.5. The number of nitrogens with zero attached hydrogens (tertiary/aromatic N) is 1. The molecule has 1 aliphatic heterocycles.